The van der Waals surface area contributed by atoms with Crippen LogP contribution in [0.4, 0.5) is 5.69 Å². The summed E-state index contributed by atoms with van der Waals surface area (Å²) in [7, 11) is 0. The largest absolute Gasteiger partial charge is 0.392 e. The normalized spacial score (nSPS) is 11.9. The zero-order chi connectivity index (χ0) is 10.6. The second kappa shape index (κ2) is 4.99. The molecule has 0 aliphatic rings. The van der Waals surface area contributed by atoms with E-state index < -0.39 is 6.10 Å². The smallest absolute Gasteiger partial charge is 0.101 e. The van der Waals surface area contributed by atoms with E-state index in [9.17, 15) is 0 Å². The third kappa shape index (κ3) is 3.02. The summed E-state index contributed by atoms with van der Waals surface area (Å²) in [6.07, 6.45) is -0.430. The van der Waals surface area contributed by atoms with Crippen molar-refractivity contribution in [2.75, 3.05) is 11.9 Å². The monoisotopic (exact) mass is 254 g/mol. The average molecular weight is 255 g/mol. The van der Waals surface area contributed by atoms with Crippen molar-refractivity contribution in [3.05, 3.63) is 28.2 Å². The Morgan fingerprint density at radius 3 is 2.93 bits per heavy atom. The maximum absolute atomic E-state index is 9.09. The molecule has 0 saturated heterocycles. The fraction of sp³-hybridized carbons (Fsp3) is 0.300. The number of aliphatic hydroxyl groups excluding tert-OH is 1. The number of hydrogen-bond donors (Lipinski definition) is 2. The quantitative estimate of drug-likeness (QED) is 0.869. The molecule has 0 heterocycles. The van der Waals surface area contributed by atoms with Crippen LogP contribution in [0.15, 0.2) is 22.7 Å². The van der Waals surface area contributed by atoms with Crippen LogP contribution in [0.3, 0.4) is 0 Å². The molecule has 1 rings (SSSR count). The van der Waals surface area contributed by atoms with Crippen molar-refractivity contribution in [1.82, 2.24) is 0 Å². The highest BCUT2D eigenvalue weighted by atomic mass is 79.9. The third-order valence-corrected chi connectivity index (χ3v) is 2.18. The van der Waals surface area contributed by atoms with Crippen molar-refractivity contribution in [1.29, 1.82) is 5.26 Å². The first kappa shape index (κ1) is 11.0. The van der Waals surface area contributed by atoms with Crippen LogP contribution in [-0.2, 0) is 0 Å². The third-order valence-electron chi connectivity index (χ3n) is 1.69. The molecule has 1 aromatic carbocycles. The fourth-order valence-electron chi connectivity index (χ4n) is 1.02. The molecule has 0 amide bonds. The summed E-state index contributed by atoms with van der Waals surface area (Å²) in [6, 6.07) is 7.44. The van der Waals surface area contributed by atoms with Gasteiger partial charge in [-0.15, -0.1) is 0 Å². The fourth-order valence-corrected chi connectivity index (χ4v) is 1.38. The lowest BCUT2D eigenvalue weighted by molar-refractivity contribution is 0.208. The lowest BCUT2D eigenvalue weighted by Crippen LogP contribution is -2.15. The number of nitrogens with one attached hydrogen (secondary N) is 1. The van der Waals surface area contributed by atoms with Crippen molar-refractivity contribution in [2.45, 2.75) is 13.0 Å². The number of anilines is 1. The van der Waals surface area contributed by atoms with Gasteiger partial charge in [0.25, 0.3) is 0 Å². The molecule has 4 heteroatoms. The van der Waals surface area contributed by atoms with Gasteiger partial charge in [0.15, 0.2) is 0 Å². The van der Waals surface area contributed by atoms with E-state index in [0.717, 1.165) is 10.2 Å². The molecule has 0 aromatic heterocycles. The van der Waals surface area contributed by atoms with Gasteiger partial charge in [0, 0.05) is 11.0 Å². The van der Waals surface area contributed by atoms with Crippen molar-refractivity contribution in [3.63, 3.8) is 0 Å². The van der Waals surface area contributed by atoms with Gasteiger partial charge in [-0.1, -0.05) is 15.9 Å². The Balaban J connectivity index is 2.84. The van der Waals surface area contributed by atoms with Gasteiger partial charge in [0.1, 0.15) is 6.07 Å². The van der Waals surface area contributed by atoms with E-state index in [1.54, 1.807) is 13.0 Å². The number of nitriles is 1. The number of benzene rings is 1. The summed E-state index contributed by atoms with van der Waals surface area (Å²) in [5.41, 5.74) is 1.32. The predicted octanol–water partition coefficient (Wildman–Crippen LogP) is 2.11. The van der Waals surface area contributed by atoms with E-state index in [-0.39, 0.29) is 0 Å². The SMILES string of the molecule is CC(O)CNc1cc(Br)ccc1C#N. The highest BCUT2D eigenvalue weighted by Gasteiger charge is 2.03. The molecule has 74 valence electrons. The van der Waals surface area contributed by atoms with Gasteiger partial charge >= 0.3 is 0 Å². The molecule has 0 aliphatic carbocycles. The van der Waals surface area contributed by atoms with Gasteiger partial charge < -0.3 is 10.4 Å². The van der Waals surface area contributed by atoms with Crippen LogP contribution in [0.25, 0.3) is 0 Å². The first-order chi connectivity index (χ1) is 6.63. The van der Waals surface area contributed by atoms with Gasteiger partial charge in [-0.05, 0) is 25.1 Å². The van der Waals surface area contributed by atoms with Crippen molar-refractivity contribution < 1.29 is 5.11 Å². The number of rotatable bonds is 3. The summed E-state index contributed by atoms with van der Waals surface area (Å²) in [5, 5.41) is 20.9. The minimum atomic E-state index is -0.430. The van der Waals surface area contributed by atoms with E-state index >= 15 is 0 Å². The molecule has 14 heavy (non-hydrogen) atoms. The number of aliphatic hydroxyl groups is 1. The first-order valence-electron chi connectivity index (χ1n) is 4.25. The summed E-state index contributed by atoms with van der Waals surface area (Å²) < 4.78 is 0.907. The Morgan fingerprint density at radius 1 is 1.64 bits per heavy atom. The summed E-state index contributed by atoms with van der Waals surface area (Å²) in [5.74, 6) is 0. The van der Waals surface area contributed by atoms with Crippen LogP contribution in [0.2, 0.25) is 0 Å². The second-order valence-corrected chi connectivity index (χ2v) is 3.95. The Kier molecular flexibility index (Phi) is 3.93. The maximum atomic E-state index is 9.09. The second-order valence-electron chi connectivity index (χ2n) is 3.03. The van der Waals surface area contributed by atoms with Crippen LogP contribution >= 0.6 is 15.9 Å². The average Bonchev–Trinajstić information content (AvgIpc) is 2.15. The van der Waals surface area contributed by atoms with Crippen molar-refractivity contribution in [2.24, 2.45) is 0 Å². The Bertz CT molecular complexity index is 358. The molecule has 0 spiro atoms. The summed E-state index contributed by atoms with van der Waals surface area (Å²) in [4.78, 5) is 0. The molecular formula is C10H11BrN2O. The molecule has 0 aliphatic heterocycles. The maximum Gasteiger partial charge on any atom is 0.101 e. The minimum absolute atomic E-state index is 0.430. The summed E-state index contributed by atoms with van der Waals surface area (Å²) >= 11 is 3.32. The highest BCUT2D eigenvalue weighted by Crippen LogP contribution is 2.20. The van der Waals surface area contributed by atoms with Crippen molar-refractivity contribution in [3.8, 4) is 6.07 Å². The van der Waals surface area contributed by atoms with E-state index in [1.807, 2.05) is 12.1 Å². The number of halogens is 1. The lowest BCUT2D eigenvalue weighted by atomic mass is 10.2. The van der Waals surface area contributed by atoms with Crippen LogP contribution in [-0.4, -0.2) is 17.8 Å². The zero-order valence-electron chi connectivity index (χ0n) is 7.79. The van der Waals surface area contributed by atoms with Gasteiger partial charge in [-0.2, -0.15) is 5.26 Å². The Morgan fingerprint density at radius 2 is 2.36 bits per heavy atom. The Labute approximate surface area is 91.5 Å². The molecule has 0 bridgehead atoms. The molecule has 3 nitrogen and oxygen atoms in total. The molecular weight excluding hydrogens is 244 g/mol. The van der Waals surface area contributed by atoms with E-state index in [2.05, 4.69) is 27.3 Å². The molecule has 0 radical (unpaired) electrons. The van der Waals surface area contributed by atoms with Gasteiger partial charge in [0.05, 0.1) is 17.4 Å². The minimum Gasteiger partial charge on any atom is -0.392 e. The van der Waals surface area contributed by atoms with Gasteiger partial charge in [0.2, 0.25) is 0 Å². The number of nitrogens with zero attached hydrogens (tertiary/aromatic N) is 1. The molecule has 1 aromatic rings. The molecule has 1 atom stereocenters. The molecule has 1 unspecified atom stereocenters. The van der Waals surface area contributed by atoms with Crippen molar-refractivity contribution >= 4 is 21.6 Å². The zero-order valence-corrected chi connectivity index (χ0v) is 9.37. The standard InChI is InChI=1S/C10H11BrN2O/c1-7(14)6-13-10-4-9(11)3-2-8(10)5-12/h2-4,7,13-14H,6H2,1H3. The molecule has 0 fully saturated rings. The van der Waals surface area contributed by atoms with Crippen LogP contribution in [0.5, 0.6) is 0 Å². The predicted molar refractivity (Wildman–Crippen MR) is 59.0 cm³/mol. The molecule has 2 N–H and O–H groups in total. The topological polar surface area (TPSA) is 56.0 Å². The van der Waals surface area contributed by atoms with E-state index in [4.69, 9.17) is 10.4 Å². The van der Waals surface area contributed by atoms with E-state index in [1.165, 1.54) is 0 Å². The van der Waals surface area contributed by atoms with E-state index in [0.29, 0.717) is 12.1 Å². The lowest BCUT2D eigenvalue weighted by Gasteiger charge is -2.09. The Hall–Kier alpha value is -1.05. The van der Waals surface area contributed by atoms with Crippen LogP contribution < -0.4 is 5.32 Å². The first-order valence-corrected chi connectivity index (χ1v) is 5.04. The summed E-state index contributed by atoms with van der Waals surface area (Å²) in [6.45, 7) is 2.13. The van der Waals surface area contributed by atoms with Gasteiger partial charge in [-0.25, -0.2) is 0 Å². The molecule has 0 saturated carbocycles. The van der Waals surface area contributed by atoms with Crippen LogP contribution in [0, 0.1) is 11.3 Å². The van der Waals surface area contributed by atoms with Crippen LogP contribution in [0.1, 0.15) is 12.5 Å². The van der Waals surface area contributed by atoms with Gasteiger partial charge in [-0.3, -0.25) is 0 Å². The highest BCUT2D eigenvalue weighted by molar-refractivity contribution is 9.10. The number of hydrogen-bond acceptors (Lipinski definition) is 3.